The van der Waals surface area contributed by atoms with Crippen LogP contribution in [-0.4, -0.2) is 117 Å². The second-order valence-corrected chi connectivity index (χ2v) is 22.0. The Morgan fingerprint density at radius 2 is 0.962 bits per heavy atom. The van der Waals surface area contributed by atoms with Crippen molar-refractivity contribution in [1.29, 1.82) is 0 Å². The number of aromatic nitrogens is 4. The first-order valence-electron chi connectivity index (χ1n) is 27.9. The van der Waals surface area contributed by atoms with Crippen LogP contribution in [0.25, 0.3) is 33.2 Å². The number of carbonyl (C=O) groups is 4. The molecule has 2 fully saturated rings. The molecular weight excluding hydrogens is 977 g/mol. The zero-order valence-electron chi connectivity index (χ0n) is 46.6. The van der Waals surface area contributed by atoms with Crippen LogP contribution in [0.15, 0.2) is 122 Å². The first-order valence-corrected chi connectivity index (χ1v) is 27.9. The molecule has 3 aromatic carbocycles. The van der Waals surface area contributed by atoms with Crippen LogP contribution in [-0.2, 0) is 22.7 Å². The maximum absolute atomic E-state index is 14.0. The van der Waals surface area contributed by atoms with E-state index in [1.165, 1.54) is 0 Å². The van der Waals surface area contributed by atoms with E-state index in [9.17, 15) is 19.2 Å². The molecule has 16 heteroatoms. The molecule has 6 heterocycles. The highest BCUT2D eigenvalue weighted by molar-refractivity contribution is 6.07. The smallest absolute Gasteiger partial charge is 0.252 e. The van der Waals surface area contributed by atoms with E-state index in [4.69, 9.17) is 0 Å². The zero-order chi connectivity index (χ0) is 55.0. The molecule has 4 aromatic heterocycles. The number of nitrogens with one attached hydrogen (secondary N) is 6. The highest BCUT2D eigenvalue weighted by Crippen LogP contribution is 2.36. The summed E-state index contributed by atoms with van der Waals surface area (Å²) in [7, 11) is 3.86. The van der Waals surface area contributed by atoms with Gasteiger partial charge in [0.05, 0.1) is 59.0 Å². The molecule has 9 rings (SSSR count). The van der Waals surface area contributed by atoms with Gasteiger partial charge in [-0.15, -0.1) is 0 Å². The van der Waals surface area contributed by atoms with Crippen molar-refractivity contribution >= 4 is 45.4 Å². The quantitative estimate of drug-likeness (QED) is 0.0389. The van der Waals surface area contributed by atoms with Gasteiger partial charge in [-0.05, 0) is 136 Å². The summed E-state index contributed by atoms with van der Waals surface area (Å²) < 4.78 is 4.11. The van der Waals surface area contributed by atoms with E-state index in [1.807, 2.05) is 134 Å². The normalized spacial score (nSPS) is 17.3. The molecule has 0 bridgehead atoms. The minimum Gasteiger partial charge on any atom is -0.348 e. The fraction of sp³-hybridized carbons (Fsp3) is 0.419. The van der Waals surface area contributed by atoms with Gasteiger partial charge in [0.2, 0.25) is 11.8 Å². The van der Waals surface area contributed by atoms with Crippen LogP contribution in [0.5, 0.6) is 0 Å². The maximum Gasteiger partial charge on any atom is 0.252 e. The van der Waals surface area contributed by atoms with Crippen molar-refractivity contribution in [2.24, 2.45) is 11.8 Å². The Hall–Kier alpha value is -7.24. The minimum absolute atomic E-state index is 0.0700. The third-order valence-corrected chi connectivity index (χ3v) is 15.9. The van der Waals surface area contributed by atoms with E-state index < -0.39 is 0 Å². The monoisotopic (exact) mass is 1050 g/mol. The lowest BCUT2D eigenvalue weighted by atomic mass is 10.0. The first-order chi connectivity index (χ1) is 37.7. The van der Waals surface area contributed by atoms with E-state index in [-0.39, 0.29) is 71.7 Å². The van der Waals surface area contributed by atoms with Gasteiger partial charge in [-0.25, -0.2) is 0 Å². The number of likely N-dealkylation sites (tertiary alicyclic amines) is 2. The van der Waals surface area contributed by atoms with Crippen molar-refractivity contribution < 1.29 is 19.2 Å². The number of benzene rings is 3. The molecular formula is C62H78N12O4. The van der Waals surface area contributed by atoms with Gasteiger partial charge in [0, 0.05) is 98.0 Å². The van der Waals surface area contributed by atoms with Crippen LogP contribution in [0.4, 0.5) is 0 Å². The van der Waals surface area contributed by atoms with Crippen molar-refractivity contribution in [3.8, 4) is 11.4 Å². The van der Waals surface area contributed by atoms with Gasteiger partial charge in [-0.2, -0.15) is 0 Å². The lowest BCUT2D eigenvalue weighted by Crippen LogP contribution is -2.51. The number of hydrogen-bond acceptors (Lipinski definition) is 10. The number of pyridine rings is 2. The molecule has 6 atom stereocenters. The second kappa shape index (κ2) is 25.0. The Kier molecular flexibility index (Phi) is 17.8. The summed E-state index contributed by atoms with van der Waals surface area (Å²) in [6.07, 6.45) is 14.9. The molecule has 16 nitrogen and oxygen atoms in total. The number of carbonyl (C=O) groups excluding carboxylic acids is 4. The fourth-order valence-corrected chi connectivity index (χ4v) is 11.2. The van der Waals surface area contributed by atoms with Gasteiger partial charge >= 0.3 is 0 Å². The average Bonchev–Trinajstić information content (AvgIpc) is 4.37. The highest BCUT2D eigenvalue weighted by Gasteiger charge is 2.37. The van der Waals surface area contributed by atoms with Crippen LogP contribution >= 0.6 is 0 Å². The molecule has 7 aromatic rings. The summed E-state index contributed by atoms with van der Waals surface area (Å²) in [5.41, 5.74) is 8.48. The Morgan fingerprint density at radius 3 is 1.35 bits per heavy atom. The zero-order valence-corrected chi connectivity index (χ0v) is 46.6. The summed E-state index contributed by atoms with van der Waals surface area (Å²) in [6.45, 7) is 16.0. The van der Waals surface area contributed by atoms with E-state index in [0.29, 0.717) is 50.4 Å². The molecule has 0 unspecified atom stereocenters. The van der Waals surface area contributed by atoms with Gasteiger partial charge in [-0.1, -0.05) is 64.1 Å². The second-order valence-electron chi connectivity index (χ2n) is 22.0. The Bertz CT molecular complexity index is 3010. The predicted octanol–water partition coefficient (Wildman–Crippen LogP) is 8.00. The summed E-state index contributed by atoms with van der Waals surface area (Å²) in [6, 6.07) is 27.3. The van der Waals surface area contributed by atoms with E-state index in [0.717, 1.165) is 81.1 Å². The van der Waals surface area contributed by atoms with E-state index in [1.54, 1.807) is 0 Å². The standard InChI is InChI=1S/C62H78N12O4/c1-39(2)57(67-31-41(5)63-7)61(77)73-25-11-17-53(73)45-29-47(37-65-35-45)71-27-23-49-51(13-9-15-55(49)71)59(75)69-33-43-19-21-44(22-20-43)34-70-60(76)52-14-10-16-56-50(52)24-28-72(56)48-30-46(36-66-38-48)54-18-12-26-74(54)62(78)58(40(3)4)68-32-42(6)64-8/h9-10,13-16,19-24,27-30,35-42,53-54,57-58,63-64,67-68H,11-12,17-18,25-26,31-34H2,1-8H3,(H,69,75)(H,70,76)/t41-,42-,53-,54-,57-,58-/m0/s1. The molecule has 2 saturated heterocycles. The largest absolute Gasteiger partial charge is 0.348 e. The van der Waals surface area contributed by atoms with Crippen molar-refractivity contribution in [3.05, 3.63) is 155 Å². The number of amides is 4. The Labute approximate surface area is 459 Å². The van der Waals surface area contributed by atoms with Gasteiger partial charge < -0.3 is 50.8 Å². The molecule has 6 N–H and O–H groups in total. The summed E-state index contributed by atoms with van der Waals surface area (Å²) in [4.78, 5) is 69.0. The number of fused-ring (bicyclic) bond motifs is 2. The number of hydrogen-bond donors (Lipinski definition) is 6. The van der Waals surface area contributed by atoms with Crippen LogP contribution in [0.3, 0.4) is 0 Å². The van der Waals surface area contributed by atoms with Crippen molar-refractivity contribution in [3.63, 3.8) is 0 Å². The first kappa shape index (κ1) is 55.5. The molecule has 410 valence electrons. The molecule has 0 spiro atoms. The SMILES string of the molecule is CN[C@@H](C)CN[C@H](C(=O)N1CCC[C@H]1c1cncc(-n2ccc3c(C(=O)NCc4ccc(CNC(=O)c5cccc6c5ccn6-c5cncc([C@@H]6CCCN6C(=O)[C@@H](NC[C@H](C)NC)C(C)C)c5)cc4)cccc32)c1)C(C)C. The van der Waals surface area contributed by atoms with Gasteiger partial charge in [-0.3, -0.25) is 29.1 Å². The van der Waals surface area contributed by atoms with Crippen molar-refractivity contribution in [2.45, 2.75) is 117 Å². The fourth-order valence-electron chi connectivity index (χ4n) is 11.2. The average molecular weight is 1060 g/mol. The molecule has 78 heavy (non-hydrogen) atoms. The molecule has 0 saturated carbocycles. The summed E-state index contributed by atoms with van der Waals surface area (Å²) in [5.74, 6) is 0.166. The lowest BCUT2D eigenvalue weighted by molar-refractivity contribution is -0.136. The molecule has 0 aliphatic carbocycles. The van der Waals surface area contributed by atoms with Gasteiger partial charge in [0.25, 0.3) is 11.8 Å². The molecule has 2 aliphatic heterocycles. The van der Waals surface area contributed by atoms with Crippen LogP contribution in [0, 0.1) is 11.8 Å². The van der Waals surface area contributed by atoms with Crippen molar-refractivity contribution in [1.82, 2.24) is 60.8 Å². The molecule has 2 aliphatic rings. The summed E-state index contributed by atoms with van der Waals surface area (Å²) in [5, 5.41) is 21.4. The number of nitrogens with zero attached hydrogens (tertiary/aromatic N) is 6. The van der Waals surface area contributed by atoms with Crippen LogP contribution in [0.2, 0.25) is 0 Å². The lowest BCUT2D eigenvalue weighted by Gasteiger charge is -2.32. The summed E-state index contributed by atoms with van der Waals surface area (Å²) >= 11 is 0. The van der Waals surface area contributed by atoms with E-state index in [2.05, 4.69) is 105 Å². The van der Waals surface area contributed by atoms with E-state index >= 15 is 0 Å². The topological polar surface area (TPSA) is 183 Å². The minimum atomic E-state index is -0.279. The van der Waals surface area contributed by atoms with Crippen molar-refractivity contribution in [2.75, 3.05) is 40.3 Å². The van der Waals surface area contributed by atoms with Crippen LogP contribution < -0.4 is 31.9 Å². The van der Waals surface area contributed by atoms with Gasteiger partial charge in [0.15, 0.2) is 0 Å². The predicted molar refractivity (Wildman–Crippen MR) is 309 cm³/mol. The van der Waals surface area contributed by atoms with Crippen LogP contribution in [0.1, 0.15) is 122 Å². The Balaban J connectivity index is 0.807. The van der Waals surface area contributed by atoms with Gasteiger partial charge in [0.1, 0.15) is 0 Å². The molecule has 4 amide bonds. The molecule has 0 radical (unpaired) electrons. The number of likely N-dealkylation sites (N-methyl/N-ethyl adjacent to an activating group) is 2. The number of rotatable bonds is 22. The maximum atomic E-state index is 14.0. The third-order valence-electron chi connectivity index (χ3n) is 15.9. The highest BCUT2D eigenvalue weighted by atomic mass is 16.2. The Morgan fingerprint density at radius 1 is 0.551 bits per heavy atom. The third kappa shape index (κ3) is 12.2.